The van der Waals surface area contributed by atoms with Gasteiger partial charge in [0, 0.05) is 5.69 Å². The van der Waals surface area contributed by atoms with Crippen LogP contribution >= 0.6 is 27.7 Å². The minimum atomic E-state index is -0.545. The van der Waals surface area contributed by atoms with Gasteiger partial charge in [-0.2, -0.15) is 0 Å². The fraction of sp³-hybridized carbons (Fsp3) is 0.129. The van der Waals surface area contributed by atoms with Gasteiger partial charge in [0.2, 0.25) is 5.91 Å². The summed E-state index contributed by atoms with van der Waals surface area (Å²) in [5, 5.41) is 4.44. The zero-order chi connectivity index (χ0) is 28.9. The molecule has 0 atom stereocenters. The molecule has 0 radical (unpaired) electrons. The van der Waals surface area contributed by atoms with Crippen LogP contribution < -0.4 is 19.5 Å². The van der Waals surface area contributed by atoms with Gasteiger partial charge in [0.05, 0.1) is 23.6 Å². The molecule has 0 spiro atoms. The molecule has 10 heteroatoms. The molecule has 0 unspecified atom stereocenters. The first-order chi connectivity index (χ1) is 19.8. The summed E-state index contributed by atoms with van der Waals surface area (Å²) in [6.45, 7) is -0.0702. The Hall–Kier alpha value is -4.28. The number of halogens is 1. The van der Waals surface area contributed by atoms with Gasteiger partial charge >= 0.3 is 0 Å². The molecule has 208 valence electrons. The number of hydrogen-bond acceptors (Lipinski definition) is 7. The Morgan fingerprint density at radius 3 is 2.44 bits per heavy atom. The highest BCUT2D eigenvalue weighted by Crippen LogP contribution is 2.39. The molecule has 4 aromatic carbocycles. The number of imide groups is 1. The molecule has 0 aromatic heterocycles. The minimum absolute atomic E-state index is 0.200. The van der Waals surface area contributed by atoms with Gasteiger partial charge in [-0.05, 0) is 98.1 Å². The third kappa shape index (κ3) is 6.55. The summed E-state index contributed by atoms with van der Waals surface area (Å²) in [5.74, 6) is 0.588. The highest BCUT2D eigenvalue weighted by molar-refractivity contribution is 9.10. The lowest BCUT2D eigenvalue weighted by atomic mass is 10.1. The Labute approximate surface area is 249 Å². The molecule has 3 amide bonds. The number of rotatable bonds is 9. The molecule has 8 nitrogen and oxygen atoms in total. The second kappa shape index (κ2) is 12.5. The Bertz CT molecular complexity index is 1670. The van der Waals surface area contributed by atoms with Gasteiger partial charge in [-0.1, -0.05) is 36.4 Å². The number of nitrogens with one attached hydrogen (secondary N) is 1. The second-order valence-electron chi connectivity index (χ2n) is 9.05. The van der Waals surface area contributed by atoms with E-state index in [4.69, 9.17) is 14.2 Å². The average molecular weight is 634 g/mol. The molecule has 1 aliphatic heterocycles. The summed E-state index contributed by atoms with van der Waals surface area (Å²) in [5.41, 5.74) is 2.16. The van der Waals surface area contributed by atoms with E-state index in [0.29, 0.717) is 39.6 Å². The van der Waals surface area contributed by atoms with Crippen LogP contribution in [0.5, 0.6) is 17.2 Å². The molecule has 1 saturated heterocycles. The highest BCUT2D eigenvalue weighted by atomic mass is 79.9. The smallest absolute Gasteiger partial charge is 0.294 e. The fourth-order valence-electron chi connectivity index (χ4n) is 4.25. The zero-order valence-corrected chi connectivity index (χ0v) is 24.6. The van der Waals surface area contributed by atoms with E-state index in [-0.39, 0.29) is 4.91 Å². The minimum Gasteiger partial charge on any atom is -0.497 e. The fourth-order valence-corrected chi connectivity index (χ4v) is 5.67. The van der Waals surface area contributed by atoms with Crippen molar-refractivity contribution in [1.29, 1.82) is 0 Å². The Kier molecular flexibility index (Phi) is 8.61. The van der Waals surface area contributed by atoms with Crippen LogP contribution in [0.3, 0.4) is 0 Å². The van der Waals surface area contributed by atoms with E-state index in [1.165, 1.54) is 7.11 Å². The SMILES string of the molecule is COc1ccc(NC(=O)CN2C(=O)S/C(=C/c3cc(Br)c(OCc4ccc5ccccc5c4)c(OC)c3)C2=O)cc1. The first-order valence-electron chi connectivity index (χ1n) is 12.5. The van der Waals surface area contributed by atoms with Crippen LogP contribution in [0.1, 0.15) is 11.1 Å². The molecule has 4 aromatic rings. The van der Waals surface area contributed by atoms with Crippen molar-refractivity contribution in [1.82, 2.24) is 4.90 Å². The summed E-state index contributed by atoms with van der Waals surface area (Å²) in [6.07, 6.45) is 1.59. The molecule has 1 aliphatic rings. The number of benzene rings is 4. The monoisotopic (exact) mass is 632 g/mol. The number of carbonyl (C=O) groups excluding carboxylic acids is 3. The van der Waals surface area contributed by atoms with Crippen molar-refractivity contribution in [2.24, 2.45) is 0 Å². The molecular weight excluding hydrogens is 608 g/mol. The number of amides is 3. The van der Waals surface area contributed by atoms with Crippen LogP contribution in [0.2, 0.25) is 0 Å². The van der Waals surface area contributed by atoms with Crippen LogP contribution in [-0.2, 0) is 16.2 Å². The van der Waals surface area contributed by atoms with Crippen molar-refractivity contribution in [3.8, 4) is 17.2 Å². The number of ether oxygens (including phenoxy) is 3. The maximum Gasteiger partial charge on any atom is 0.294 e. The lowest BCUT2D eigenvalue weighted by Gasteiger charge is -2.14. The van der Waals surface area contributed by atoms with Gasteiger partial charge in [0.25, 0.3) is 11.1 Å². The van der Waals surface area contributed by atoms with Crippen molar-refractivity contribution >= 4 is 67.3 Å². The lowest BCUT2D eigenvalue weighted by molar-refractivity contribution is -0.127. The van der Waals surface area contributed by atoms with E-state index in [0.717, 1.165) is 33.0 Å². The predicted octanol–water partition coefficient (Wildman–Crippen LogP) is 6.87. The molecule has 1 heterocycles. The van der Waals surface area contributed by atoms with Crippen LogP contribution in [0.4, 0.5) is 10.5 Å². The maximum absolute atomic E-state index is 13.0. The molecule has 41 heavy (non-hydrogen) atoms. The van der Waals surface area contributed by atoms with Gasteiger partial charge in [0.15, 0.2) is 11.5 Å². The van der Waals surface area contributed by atoms with E-state index in [9.17, 15) is 14.4 Å². The summed E-state index contributed by atoms with van der Waals surface area (Å²) in [6, 6.07) is 24.5. The van der Waals surface area contributed by atoms with Crippen LogP contribution in [0, 0.1) is 0 Å². The zero-order valence-electron chi connectivity index (χ0n) is 22.2. The van der Waals surface area contributed by atoms with Gasteiger partial charge in [-0.25, -0.2) is 0 Å². The van der Waals surface area contributed by atoms with Crippen LogP contribution in [0.15, 0.2) is 88.2 Å². The van der Waals surface area contributed by atoms with E-state index < -0.39 is 23.6 Å². The van der Waals surface area contributed by atoms with Gasteiger partial charge in [-0.15, -0.1) is 0 Å². The van der Waals surface area contributed by atoms with Crippen LogP contribution in [-0.4, -0.2) is 42.7 Å². The van der Waals surface area contributed by atoms with Gasteiger partial charge in [-0.3, -0.25) is 19.3 Å². The standard InChI is InChI=1S/C31H25BrN2O6S/c1-38-24-11-9-23(10-12-24)33-28(35)17-34-30(36)27(41-31(34)37)16-20-14-25(32)29(26(15-20)39-2)40-18-19-7-8-21-5-3-4-6-22(21)13-19/h3-16H,17-18H2,1-2H3,(H,33,35)/b27-16+. The molecule has 0 aliphatic carbocycles. The molecule has 0 bridgehead atoms. The Balaban J connectivity index is 1.27. The molecular formula is C31H25BrN2O6S. The maximum atomic E-state index is 13.0. The van der Waals surface area contributed by atoms with Crippen molar-refractivity contribution in [2.45, 2.75) is 6.61 Å². The second-order valence-corrected chi connectivity index (χ2v) is 10.9. The van der Waals surface area contributed by atoms with E-state index in [1.807, 2.05) is 18.2 Å². The van der Waals surface area contributed by atoms with Crippen molar-refractivity contribution in [3.63, 3.8) is 0 Å². The van der Waals surface area contributed by atoms with Crippen molar-refractivity contribution in [2.75, 3.05) is 26.1 Å². The normalized spacial score (nSPS) is 14.0. The highest BCUT2D eigenvalue weighted by Gasteiger charge is 2.36. The van der Waals surface area contributed by atoms with Gasteiger partial charge in [0.1, 0.15) is 18.9 Å². The largest absolute Gasteiger partial charge is 0.497 e. The van der Waals surface area contributed by atoms with Gasteiger partial charge < -0.3 is 19.5 Å². The lowest BCUT2D eigenvalue weighted by Crippen LogP contribution is -2.36. The summed E-state index contributed by atoms with van der Waals surface area (Å²) >= 11 is 4.33. The van der Waals surface area contributed by atoms with E-state index >= 15 is 0 Å². The van der Waals surface area contributed by atoms with Crippen molar-refractivity contribution in [3.05, 3.63) is 99.4 Å². The van der Waals surface area contributed by atoms with E-state index in [1.54, 1.807) is 49.6 Å². The summed E-state index contributed by atoms with van der Waals surface area (Å²) < 4.78 is 17.4. The average Bonchev–Trinajstić information content (AvgIpc) is 3.23. The van der Waals surface area contributed by atoms with Crippen LogP contribution in [0.25, 0.3) is 16.8 Å². The third-order valence-electron chi connectivity index (χ3n) is 6.30. The molecule has 0 saturated carbocycles. The number of thioether (sulfide) groups is 1. The third-order valence-corrected chi connectivity index (χ3v) is 7.79. The number of hydrogen-bond donors (Lipinski definition) is 1. The summed E-state index contributed by atoms with van der Waals surface area (Å²) in [4.78, 5) is 39.2. The predicted molar refractivity (Wildman–Crippen MR) is 163 cm³/mol. The molecule has 5 rings (SSSR count). The quantitative estimate of drug-likeness (QED) is 0.201. The Morgan fingerprint density at radius 2 is 1.71 bits per heavy atom. The number of fused-ring (bicyclic) bond motifs is 1. The topological polar surface area (TPSA) is 94.2 Å². The number of anilines is 1. The molecule has 1 N–H and O–H groups in total. The molecule has 1 fully saturated rings. The number of nitrogens with zero attached hydrogens (tertiary/aromatic N) is 1. The number of methoxy groups -OCH3 is 2. The van der Waals surface area contributed by atoms with E-state index in [2.05, 4.69) is 45.5 Å². The summed E-state index contributed by atoms with van der Waals surface area (Å²) in [7, 11) is 3.08. The van der Waals surface area contributed by atoms with Crippen molar-refractivity contribution < 1.29 is 28.6 Å². The first kappa shape index (κ1) is 28.3. The Morgan fingerprint density at radius 1 is 0.951 bits per heavy atom. The first-order valence-corrected chi connectivity index (χ1v) is 14.1. The number of carbonyl (C=O) groups is 3.